The normalized spacial score (nSPS) is 12.0. The first-order chi connectivity index (χ1) is 6.86. The van der Waals surface area contributed by atoms with Crippen molar-refractivity contribution in [2.45, 2.75) is 25.8 Å². The van der Waals surface area contributed by atoms with Gasteiger partial charge in [-0.3, -0.25) is 4.98 Å². The summed E-state index contributed by atoms with van der Waals surface area (Å²) in [4.78, 5) is 4.27. The molecule has 0 amide bonds. The number of hydrogen-bond donors (Lipinski definition) is 1. The van der Waals surface area contributed by atoms with Crippen LogP contribution < -0.4 is 5.32 Å². The van der Waals surface area contributed by atoms with E-state index in [0.717, 1.165) is 25.1 Å². The van der Waals surface area contributed by atoms with Crippen LogP contribution in [-0.4, -0.2) is 17.6 Å². The van der Waals surface area contributed by atoms with Gasteiger partial charge in [0.1, 0.15) is 0 Å². The zero-order chi connectivity index (χ0) is 10.2. The predicted octanol–water partition coefficient (Wildman–Crippen LogP) is 1.63. The predicted molar refractivity (Wildman–Crippen MR) is 58.9 cm³/mol. The van der Waals surface area contributed by atoms with Crippen LogP contribution in [0.5, 0.6) is 0 Å². The Kier molecular flexibility index (Phi) is 4.74. The van der Waals surface area contributed by atoms with Gasteiger partial charge in [0.05, 0.1) is 0 Å². The van der Waals surface area contributed by atoms with Gasteiger partial charge in [-0.05, 0) is 18.7 Å². The van der Waals surface area contributed by atoms with E-state index in [1.165, 1.54) is 0 Å². The van der Waals surface area contributed by atoms with Gasteiger partial charge in [-0.15, -0.1) is 12.3 Å². The smallest absolute Gasteiger partial charge is 0.0419 e. The van der Waals surface area contributed by atoms with Crippen LogP contribution in [0.2, 0.25) is 0 Å². The van der Waals surface area contributed by atoms with Crippen molar-refractivity contribution in [3.8, 4) is 12.3 Å². The molecular weight excluding hydrogens is 172 g/mol. The molecule has 1 aromatic heterocycles. The van der Waals surface area contributed by atoms with Crippen molar-refractivity contribution >= 4 is 0 Å². The molecule has 0 spiro atoms. The van der Waals surface area contributed by atoms with E-state index < -0.39 is 0 Å². The van der Waals surface area contributed by atoms with Gasteiger partial charge in [0, 0.05) is 30.8 Å². The molecule has 0 aliphatic rings. The van der Waals surface area contributed by atoms with Crippen molar-refractivity contribution in [2.24, 2.45) is 0 Å². The van der Waals surface area contributed by atoms with Crippen LogP contribution in [0, 0.1) is 12.3 Å². The van der Waals surface area contributed by atoms with E-state index in [-0.39, 0.29) is 0 Å². The molecule has 0 saturated carbocycles. The molecular formula is C12H16N2. The Morgan fingerprint density at radius 1 is 1.57 bits per heavy atom. The summed E-state index contributed by atoms with van der Waals surface area (Å²) >= 11 is 0. The zero-order valence-electron chi connectivity index (χ0n) is 8.53. The Morgan fingerprint density at radius 2 is 2.43 bits per heavy atom. The summed E-state index contributed by atoms with van der Waals surface area (Å²) in [6.45, 7) is 3.03. The van der Waals surface area contributed by atoms with Gasteiger partial charge in [0.2, 0.25) is 0 Å². The van der Waals surface area contributed by atoms with E-state index in [4.69, 9.17) is 6.42 Å². The molecule has 0 saturated heterocycles. The molecule has 1 atom stereocenters. The number of aromatic nitrogens is 1. The Labute approximate surface area is 85.8 Å². The van der Waals surface area contributed by atoms with Crippen molar-refractivity contribution in [2.75, 3.05) is 6.54 Å². The lowest BCUT2D eigenvalue weighted by molar-refractivity contribution is 0.530. The minimum Gasteiger partial charge on any atom is -0.313 e. The average molecular weight is 188 g/mol. The molecule has 2 heteroatoms. The van der Waals surface area contributed by atoms with Crippen molar-refractivity contribution in [3.63, 3.8) is 0 Å². The third kappa shape index (κ3) is 3.59. The van der Waals surface area contributed by atoms with Crippen LogP contribution in [0.1, 0.15) is 19.0 Å². The van der Waals surface area contributed by atoms with Gasteiger partial charge in [-0.1, -0.05) is 13.0 Å². The number of hydrogen-bond acceptors (Lipinski definition) is 2. The number of terminal acetylenes is 1. The fraction of sp³-hybridized carbons (Fsp3) is 0.417. The van der Waals surface area contributed by atoms with Gasteiger partial charge in [-0.25, -0.2) is 0 Å². The van der Waals surface area contributed by atoms with Crippen LogP contribution in [0.3, 0.4) is 0 Å². The summed E-state index contributed by atoms with van der Waals surface area (Å²) in [6.07, 6.45) is 8.77. The van der Waals surface area contributed by atoms with Gasteiger partial charge >= 0.3 is 0 Å². The Morgan fingerprint density at radius 3 is 3.00 bits per heavy atom. The molecule has 0 radical (unpaired) electrons. The molecule has 74 valence electrons. The highest BCUT2D eigenvalue weighted by Crippen LogP contribution is 2.01. The van der Waals surface area contributed by atoms with E-state index in [1.54, 1.807) is 0 Å². The fourth-order valence-electron chi connectivity index (χ4n) is 1.42. The zero-order valence-corrected chi connectivity index (χ0v) is 8.53. The number of nitrogens with zero attached hydrogens (tertiary/aromatic N) is 1. The maximum atomic E-state index is 5.30. The van der Waals surface area contributed by atoms with Gasteiger partial charge in [0.25, 0.3) is 0 Å². The molecule has 0 bridgehead atoms. The molecule has 2 nitrogen and oxygen atoms in total. The number of pyridine rings is 1. The number of rotatable bonds is 5. The second-order valence-corrected chi connectivity index (χ2v) is 3.19. The van der Waals surface area contributed by atoms with Crippen molar-refractivity contribution in [1.82, 2.24) is 10.3 Å². The van der Waals surface area contributed by atoms with E-state index in [9.17, 15) is 0 Å². The molecule has 1 heterocycles. The van der Waals surface area contributed by atoms with E-state index >= 15 is 0 Å². The van der Waals surface area contributed by atoms with Crippen LogP contribution in [0.4, 0.5) is 0 Å². The minimum absolute atomic E-state index is 0.347. The highest BCUT2D eigenvalue weighted by molar-refractivity contribution is 5.06. The molecule has 1 aromatic rings. The Bertz CT molecular complexity index is 287. The lowest BCUT2D eigenvalue weighted by Crippen LogP contribution is -2.30. The third-order valence-electron chi connectivity index (χ3n) is 2.04. The average Bonchev–Trinajstić information content (AvgIpc) is 2.20. The highest BCUT2D eigenvalue weighted by atomic mass is 14.9. The quantitative estimate of drug-likeness (QED) is 0.710. The Balaban J connectivity index is 2.52. The van der Waals surface area contributed by atoms with Crippen molar-refractivity contribution in [3.05, 3.63) is 30.1 Å². The lowest BCUT2D eigenvalue weighted by atomic mass is 10.1. The molecule has 1 unspecified atom stereocenters. The maximum absolute atomic E-state index is 5.30. The summed E-state index contributed by atoms with van der Waals surface area (Å²) in [5, 5.41) is 3.35. The molecule has 1 N–H and O–H groups in total. The molecule has 0 aliphatic heterocycles. The van der Waals surface area contributed by atoms with Gasteiger partial charge in [0.15, 0.2) is 0 Å². The van der Waals surface area contributed by atoms with Crippen molar-refractivity contribution in [1.29, 1.82) is 0 Å². The Hall–Kier alpha value is -1.33. The first-order valence-corrected chi connectivity index (χ1v) is 4.93. The lowest BCUT2D eigenvalue weighted by Gasteiger charge is -2.14. The summed E-state index contributed by atoms with van der Waals surface area (Å²) in [7, 11) is 0. The summed E-state index contributed by atoms with van der Waals surface area (Å²) in [5.41, 5.74) is 1.09. The molecule has 0 fully saturated rings. The molecule has 14 heavy (non-hydrogen) atoms. The second kappa shape index (κ2) is 6.17. The third-order valence-corrected chi connectivity index (χ3v) is 2.04. The summed E-state index contributed by atoms with van der Waals surface area (Å²) in [6, 6.07) is 6.30. The topological polar surface area (TPSA) is 24.9 Å². The van der Waals surface area contributed by atoms with Crippen molar-refractivity contribution < 1.29 is 0 Å². The largest absolute Gasteiger partial charge is 0.313 e. The fourth-order valence-corrected chi connectivity index (χ4v) is 1.42. The summed E-state index contributed by atoms with van der Waals surface area (Å²) in [5.74, 6) is 2.68. The minimum atomic E-state index is 0.347. The highest BCUT2D eigenvalue weighted by Gasteiger charge is 2.06. The van der Waals surface area contributed by atoms with Gasteiger partial charge in [-0.2, -0.15) is 0 Å². The van der Waals surface area contributed by atoms with E-state index in [2.05, 4.69) is 23.1 Å². The molecule has 0 aromatic carbocycles. The van der Waals surface area contributed by atoms with E-state index in [0.29, 0.717) is 6.04 Å². The van der Waals surface area contributed by atoms with Gasteiger partial charge < -0.3 is 5.32 Å². The second-order valence-electron chi connectivity index (χ2n) is 3.19. The van der Waals surface area contributed by atoms with E-state index in [1.807, 2.05) is 24.4 Å². The SMILES string of the molecule is C#CCC(Cc1ccccn1)NCC. The van der Waals surface area contributed by atoms with Crippen LogP contribution >= 0.6 is 0 Å². The first kappa shape index (κ1) is 10.7. The monoisotopic (exact) mass is 188 g/mol. The van der Waals surface area contributed by atoms with Crippen LogP contribution in [0.15, 0.2) is 24.4 Å². The number of nitrogens with one attached hydrogen (secondary N) is 1. The maximum Gasteiger partial charge on any atom is 0.0419 e. The number of likely N-dealkylation sites (N-methyl/N-ethyl adjacent to an activating group) is 1. The van der Waals surface area contributed by atoms with Crippen LogP contribution in [-0.2, 0) is 6.42 Å². The molecule has 0 aliphatic carbocycles. The first-order valence-electron chi connectivity index (χ1n) is 4.93. The molecule has 1 rings (SSSR count). The summed E-state index contributed by atoms with van der Waals surface area (Å²) < 4.78 is 0. The standard InChI is InChI=1S/C12H16N2/c1-3-7-11(13-4-2)10-12-8-5-6-9-14-12/h1,5-6,8-9,11,13H,4,7,10H2,2H3. The van der Waals surface area contributed by atoms with Crippen LogP contribution in [0.25, 0.3) is 0 Å².